The van der Waals surface area contributed by atoms with Crippen molar-refractivity contribution in [1.29, 1.82) is 0 Å². The van der Waals surface area contributed by atoms with Crippen LogP contribution >= 0.6 is 0 Å². The number of rotatable bonds is 8. The van der Waals surface area contributed by atoms with Gasteiger partial charge in [0.15, 0.2) is 11.5 Å². The number of β-amino-alcohol motifs (C(OH)–C–C–N with tert-alkyl or cyclic N) is 1. The summed E-state index contributed by atoms with van der Waals surface area (Å²) < 4.78 is 17.2. The fraction of sp³-hybridized carbons (Fsp3) is 0.667. The summed E-state index contributed by atoms with van der Waals surface area (Å²) in [6, 6.07) is 5.91. The van der Waals surface area contributed by atoms with E-state index in [1.807, 2.05) is 23.3 Å². The molecule has 168 valence electrons. The normalized spacial score (nSPS) is 24.7. The second-order valence-corrected chi connectivity index (χ2v) is 7.78. The van der Waals surface area contributed by atoms with E-state index in [2.05, 4.69) is 4.90 Å². The van der Waals surface area contributed by atoms with Crippen LogP contribution in [0.1, 0.15) is 24.8 Å². The van der Waals surface area contributed by atoms with Gasteiger partial charge >= 0.3 is 0 Å². The number of likely N-dealkylation sites (tertiary alicyclic amines) is 1. The van der Waals surface area contributed by atoms with Crippen molar-refractivity contribution in [2.24, 2.45) is 0 Å². The average Bonchev–Trinajstić information content (AvgIpc) is 3.36. The highest BCUT2D eigenvalue weighted by Gasteiger charge is 2.34. The highest BCUT2D eigenvalue weighted by molar-refractivity contribution is 5.43. The monoisotopic (exact) mass is 424 g/mol. The highest BCUT2D eigenvalue weighted by Crippen LogP contribution is 2.30. The fourth-order valence-electron chi connectivity index (χ4n) is 4.14. The van der Waals surface area contributed by atoms with Crippen molar-refractivity contribution in [2.75, 3.05) is 46.5 Å². The first-order valence-corrected chi connectivity index (χ1v) is 10.4. The van der Waals surface area contributed by atoms with Crippen molar-refractivity contribution in [1.82, 2.24) is 9.96 Å². The molecule has 0 spiro atoms. The van der Waals surface area contributed by atoms with Gasteiger partial charge in [0.05, 0.1) is 25.9 Å². The van der Waals surface area contributed by atoms with Gasteiger partial charge in [0, 0.05) is 32.7 Å². The minimum atomic E-state index is -0.544. The number of fused-ring (bicyclic) bond motifs is 2. The van der Waals surface area contributed by atoms with Gasteiger partial charge in [-0.15, -0.1) is 0 Å². The van der Waals surface area contributed by atoms with Crippen LogP contribution in [0.5, 0.6) is 11.5 Å². The number of morpholine rings is 1. The molecule has 2 bridgehead atoms. The number of carbonyl (C=O) groups is 1. The smallest absolute Gasteiger partial charge is 0.290 e. The number of benzene rings is 1. The third-order valence-corrected chi connectivity index (χ3v) is 5.43. The number of hydroxylamine groups is 2. The molecule has 0 saturated carbocycles. The Morgan fingerprint density at radius 3 is 2.63 bits per heavy atom. The molecule has 9 heteroatoms. The summed E-state index contributed by atoms with van der Waals surface area (Å²) in [5.74, 6) is 1.34. The maximum atomic E-state index is 10.4. The molecule has 1 aromatic rings. The first-order valence-electron chi connectivity index (χ1n) is 10.4. The summed E-state index contributed by atoms with van der Waals surface area (Å²) in [4.78, 5) is 16.2. The van der Waals surface area contributed by atoms with Crippen LogP contribution in [0.15, 0.2) is 18.2 Å². The van der Waals surface area contributed by atoms with Gasteiger partial charge in [-0.05, 0) is 37.0 Å². The summed E-state index contributed by atoms with van der Waals surface area (Å²) >= 11 is 0. The van der Waals surface area contributed by atoms with Gasteiger partial charge in [0.25, 0.3) is 6.47 Å². The van der Waals surface area contributed by atoms with Crippen LogP contribution in [-0.2, 0) is 20.9 Å². The Kier molecular flexibility index (Phi) is 8.71. The minimum Gasteiger partial charge on any atom is -0.493 e. The second kappa shape index (κ2) is 11.5. The van der Waals surface area contributed by atoms with E-state index in [1.54, 1.807) is 7.11 Å². The molecule has 0 aromatic heterocycles. The van der Waals surface area contributed by atoms with E-state index >= 15 is 0 Å². The summed E-state index contributed by atoms with van der Waals surface area (Å²) in [6.45, 7) is 4.87. The summed E-state index contributed by atoms with van der Waals surface area (Å²) in [5.41, 5.74) is 1.10. The van der Waals surface area contributed by atoms with Crippen molar-refractivity contribution < 1.29 is 34.1 Å². The van der Waals surface area contributed by atoms with Gasteiger partial charge < -0.3 is 24.4 Å². The predicted octanol–water partition coefficient (Wildman–Crippen LogP) is 1.14. The molecule has 3 saturated heterocycles. The fourth-order valence-corrected chi connectivity index (χ4v) is 4.14. The SMILES string of the molecule is COc1ccc(CN2CCCO2)cc1OCC(O)CN1C[C@H]2CC[C@@H](C1)O2.O=CO. The lowest BCUT2D eigenvalue weighted by Gasteiger charge is -2.33. The molecule has 3 heterocycles. The van der Waals surface area contributed by atoms with E-state index in [1.165, 1.54) is 0 Å². The lowest BCUT2D eigenvalue weighted by atomic mass is 10.2. The molecule has 9 nitrogen and oxygen atoms in total. The minimum absolute atomic E-state index is 0.243. The molecule has 30 heavy (non-hydrogen) atoms. The van der Waals surface area contributed by atoms with Gasteiger partial charge in [-0.2, -0.15) is 5.06 Å². The Bertz CT molecular complexity index is 657. The Hall–Kier alpha value is -1.91. The van der Waals surface area contributed by atoms with Crippen molar-refractivity contribution >= 4 is 6.47 Å². The van der Waals surface area contributed by atoms with Gasteiger partial charge in [-0.25, -0.2) is 0 Å². The average molecular weight is 424 g/mol. The zero-order valence-corrected chi connectivity index (χ0v) is 17.4. The first-order chi connectivity index (χ1) is 14.6. The third-order valence-electron chi connectivity index (χ3n) is 5.43. The summed E-state index contributed by atoms with van der Waals surface area (Å²) in [5, 5.41) is 19.3. The van der Waals surface area contributed by atoms with Crippen molar-refractivity contribution in [2.45, 2.75) is 44.1 Å². The van der Waals surface area contributed by atoms with E-state index in [-0.39, 0.29) is 13.1 Å². The Labute approximate surface area is 177 Å². The lowest BCUT2D eigenvalue weighted by Crippen LogP contribution is -2.46. The van der Waals surface area contributed by atoms with Crippen LogP contribution in [0.25, 0.3) is 0 Å². The first kappa shape index (κ1) is 22.8. The molecule has 2 N–H and O–H groups in total. The lowest BCUT2D eigenvalue weighted by molar-refractivity contribution is -0.122. The predicted molar refractivity (Wildman–Crippen MR) is 109 cm³/mol. The van der Waals surface area contributed by atoms with Crippen LogP contribution in [0, 0.1) is 0 Å². The third kappa shape index (κ3) is 6.55. The standard InChI is InChI=1S/C20H30N2O5.CH2O2/c1-24-19-6-3-15(10-22-7-2-8-26-22)9-20(19)25-14-16(23)11-21-12-17-4-5-18(13-21)27-17;2-1-3/h3,6,9,16-18,23H,2,4-5,7-8,10-14H2,1H3;1H,(H,2,3)/t16?,17-,18+;. The van der Waals surface area contributed by atoms with Crippen molar-refractivity contribution in [3.8, 4) is 11.5 Å². The van der Waals surface area contributed by atoms with E-state index in [0.717, 1.165) is 57.6 Å². The summed E-state index contributed by atoms with van der Waals surface area (Å²) in [6.07, 6.45) is 3.46. The number of nitrogens with zero attached hydrogens (tertiary/aromatic N) is 2. The number of aliphatic hydroxyl groups is 1. The molecular weight excluding hydrogens is 392 g/mol. The zero-order chi connectivity index (χ0) is 21.3. The van der Waals surface area contributed by atoms with Gasteiger partial charge in [-0.1, -0.05) is 6.07 Å². The molecule has 0 radical (unpaired) electrons. The van der Waals surface area contributed by atoms with Crippen LogP contribution in [0.2, 0.25) is 0 Å². The molecular formula is C21H32N2O7. The maximum Gasteiger partial charge on any atom is 0.290 e. The van der Waals surface area contributed by atoms with Crippen molar-refractivity contribution in [3.05, 3.63) is 23.8 Å². The molecule has 3 aliphatic heterocycles. The van der Waals surface area contributed by atoms with Crippen LogP contribution in [-0.4, -0.2) is 91.5 Å². The Morgan fingerprint density at radius 2 is 2.00 bits per heavy atom. The largest absolute Gasteiger partial charge is 0.493 e. The van der Waals surface area contributed by atoms with E-state index < -0.39 is 6.10 Å². The van der Waals surface area contributed by atoms with E-state index in [0.29, 0.717) is 30.3 Å². The Balaban J connectivity index is 0.000000806. The molecule has 0 aliphatic carbocycles. The van der Waals surface area contributed by atoms with Crippen LogP contribution < -0.4 is 9.47 Å². The van der Waals surface area contributed by atoms with Crippen molar-refractivity contribution in [3.63, 3.8) is 0 Å². The molecule has 3 atom stereocenters. The molecule has 3 fully saturated rings. The zero-order valence-electron chi connectivity index (χ0n) is 17.4. The second-order valence-electron chi connectivity index (χ2n) is 7.78. The molecule has 1 aromatic carbocycles. The number of hydrogen-bond acceptors (Lipinski definition) is 8. The molecule has 3 aliphatic rings. The van der Waals surface area contributed by atoms with E-state index in [9.17, 15) is 5.11 Å². The van der Waals surface area contributed by atoms with Gasteiger partial charge in [-0.3, -0.25) is 14.5 Å². The highest BCUT2D eigenvalue weighted by atomic mass is 16.7. The maximum absolute atomic E-state index is 10.4. The Morgan fingerprint density at radius 1 is 1.27 bits per heavy atom. The number of ether oxygens (including phenoxy) is 3. The molecule has 4 rings (SSSR count). The summed E-state index contributed by atoms with van der Waals surface area (Å²) in [7, 11) is 1.63. The van der Waals surface area contributed by atoms with E-state index in [4.69, 9.17) is 28.9 Å². The van der Waals surface area contributed by atoms with Crippen LogP contribution in [0.3, 0.4) is 0 Å². The number of carboxylic acid groups (broad SMARTS) is 1. The topological polar surface area (TPSA) is 101 Å². The quantitative estimate of drug-likeness (QED) is 0.595. The molecule has 0 amide bonds. The molecule has 1 unspecified atom stereocenters. The van der Waals surface area contributed by atoms with Crippen LogP contribution in [0.4, 0.5) is 0 Å². The van der Waals surface area contributed by atoms with Gasteiger partial charge in [0.2, 0.25) is 0 Å². The number of methoxy groups -OCH3 is 1. The number of hydrogen-bond donors (Lipinski definition) is 2. The number of aliphatic hydroxyl groups excluding tert-OH is 1. The van der Waals surface area contributed by atoms with Gasteiger partial charge in [0.1, 0.15) is 12.7 Å².